The van der Waals surface area contributed by atoms with E-state index in [0.29, 0.717) is 9.87 Å². The number of hydrogen-bond acceptors (Lipinski definition) is 5. The molecule has 148 valence electrons. The van der Waals surface area contributed by atoms with Crippen LogP contribution in [-0.2, 0) is 19.6 Å². The number of Topliss-reactive ketones (excluding diaryl/α,β-unsaturated/α-hetero) is 1. The molecular weight excluding hydrogens is 446 g/mol. The number of nitrogens with zero attached hydrogens (tertiary/aromatic N) is 1. The Morgan fingerprint density at radius 3 is 2.07 bits per heavy atom. The summed E-state index contributed by atoms with van der Waals surface area (Å²) < 4.78 is 32.7. The van der Waals surface area contributed by atoms with Gasteiger partial charge in [0.2, 0.25) is 0 Å². The zero-order chi connectivity index (χ0) is 21.1. The molecule has 0 bridgehead atoms. The van der Waals surface area contributed by atoms with E-state index in [1.165, 1.54) is 19.1 Å². The fourth-order valence-electron chi connectivity index (χ4n) is 2.57. The first-order chi connectivity index (χ1) is 13.1. The van der Waals surface area contributed by atoms with Gasteiger partial charge in [0, 0.05) is 10.0 Å². The second-order valence-corrected chi connectivity index (χ2v) is 8.85. The summed E-state index contributed by atoms with van der Waals surface area (Å²) in [5.41, 5.74) is 1.22. The SMILES string of the molecule is C=C(C(C)=O)[C@H](c1ccc(Br)cc1)N(C(=O)OC)S(=O)(=O)c1ccc(C)cc1. The van der Waals surface area contributed by atoms with Gasteiger partial charge in [-0.15, -0.1) is 0 Å². The molecule has 1 amide bonds. The molecule has 28 heavy (non-hydrogen) atoms. The van der Waals surface area contributed by atoms with Crippen molar-refractivity contribution in [2.75, 3.05) is 7.11 Å². The third-order valence-electron chi connectivity index (χ3n) is 4.13. The molecule has 0 saturated heterocycles. The molecule has 0 aliphatic heterocycles. The first-order valence-electron chi connectivity index (χ1n) is 8.24. The van der Waals surface area contributed by atoms with Crippen LogP contribution in [0.25, 0.3) is 0 Å². The van der Waals surface area contributed by atoms with Crippen LogP contribution in [-0.4, -0.2) is 31.7 Å². The number of rotatable bonds is 6. The van der Waals surface area contributed by atoms with Gasteiger partial charge < -0.3 is 4.74 Å². The molecule has 0 saturated carbocycles. The van der Waals surface area contributed by atoms with E-state index in [1.807, 2.05) is 6.92 Å². The zero-order valence-electron chi connectivity index (χ0n) is 15.7. The maximum atomic E-state index is 13.3. The van der Waals surface area contributed by atoms with Crippen LogP contribution in [0.15, 0.2) is 70.1 Å². The number of benzene rings is 2. The average Bonchev–Trinajstić information content (AvgIpc) is 2.66. The molecule has 0 N–H and O–H groups in total. The van der Waals surface area contributed by atoms with Crippen molar-refractivity contribution in [1.29, 1.82) is 0 Å². The number of methoxy groups -OCH3 is 1. The van der Waals surface area contributed by atoms with Gasteiger partial charge in [-0.25, -0.2) is 13.2 Å². The predicted molar refractivity (Wildman–Crippen MR) is 109 cm³/mol. The quantitative estimate of drug-likeness (QED) is 0.590. The van der Waals surface area contributed by atoms with Gasteiger partial charge in [0.25, 0.3) is 10.0 Å². The Hall–Kier alpha value is -2.45. The molecule has 0 unspecified atom stereocenters. The van der Waals surface area contributed by atoms with Crippen molar-refractivity contribution in [3.63, 3.8) is 0 Å². The Labute approximate surface area is 173 Å². The highest BCUT2D eigenvalue weighted by atomic mass is 79.9. The third kappa shape index (κ3) is 4.51. The van der Waals surface area contributed by atoms with Gasteiger partial charge in [-0.3, -0.25) is 4.79 Å². The van der Waals surface area contributed by atoms with E-state index in [4.69, 9.17) is 4.74 Å². The van der Waals surface area contributed by atoms with Gasteiger partial charge in [0.1, 0.15) is 6.04 Å². The predicted octanol–water partition coefficient (Wildman–Crippen LogP) is 4.40. The Morgan fingerprint density at radius 1 is 1.07 bits per heavy atom. The molecule has 6 nitrogen and oxygen atoms in total. The van der Waals surface area contributed by atoms with Crippen LogP contribution in [0.4, 0.5) is 4.79 Å². The van der Waals surface area contributed by atoms with Gasteiger partial charge in [0.15, 0.2) is 5.78 Å². The molecule has 2 aromatic rings. The smallest absolute Gasteiger partial charge is 0.424 e. The minimum Gasteiger partial charge on any atom is -0.452 e. The van der Waals surface area contributed by atoms with Gasteiger partial charge in [-0.05, 0) is 43.7 Å². The van der Waals surface area contributed by atoms with Crippen molar-refractivity contribution in [3.05, 3.63) is 76.3 Å². The molecule has 0 aromatic heterocycles. The Bertz CT molecular complexity index is 998. The molecule has 0 spiro atoms. The van der Waals surface area contributed by atoms with Crippen LogP contribution in [0.5, 0.6) is 0 Å². The molecule has 0 radical (unpaired) electrons. The first kappa shape index (κ1) is 21.8. The van der Waals surface area contributed by atoms with Gasteiger partial charge >= 0.3 is 6.09 Å². The Balaban J connectivity index is 2.72. The monoisotopic (exact) mass is 465 g/mol. The van der Waals surface area contributed by atoms with E-state index in [0.717, 1.165) is 17.1 Å². The summed E-state index contributed by atoms with van der Waals surface area (Å²) in [6.07, 6.45) is -1.11. The van der Waals surface area contributed by atoms with Crippen LogP contribution in [0, 0.1) is 6.92 Å². The van der Waals surface area contributed by atoms with E-state index in [-0.39, 0.29) is 10.5 Å². The van der Waals surface area contributed by atoms with E-state index in [1.54, 1.807) is 36.4 Å². The van der Waals surface area contributed by atoms with Crippen LogP contribution in [0.3, 0.4) is 0 Å². The second kappa shape index (κ2) is 8.70. The van der Waals surface area contributed by atoms with E-state index < -0.39 is 27.9 Å². The number of sulfonamides is 1. The standard InChI is InChI=1S/C20H20BrNO5S/c1-13-5-11-18(12-6-13)28(25,26)22(20(24)27-4)19(14(2)15(3)23)16-7-9-17(21)10-8-16/h5-12,19H,2H2,1,3-4H3/t19-/m1/s1. The number of aryl methyl sites for hydroxylation is 1. The summed E-state index contributed by atoms with van der Waals surface area (Å²) in [6, 6.07) is 11.4. The summed E-state index contributed by atoms with van der Waals surface area (Å²) >= 11 is 3.31. The molecular formula is C20H20BrNO5S. The van der Waals surface area contributed by atoms with Crippen molar-refractivity contribution < 1.29 is 22.7 Å². The summed E-state index contributed by atoms with van der Waals surface area (Å²) in [5, 5.41) is 0. The number of ketones is 1. The number of ether oxygens (including phenoxy) is 1. The molecule has 0 aliphatic rings. The fraction of sp³-hybridized carbons (Fsp3) is 0.200. The average molecular weight is 466 g/mol. The number of halogens is 1. The third-order valence-corrected chi connectivity index (χ3v) is 6.41. The lowest BCUT2D eigenvalue weighted by Crippen LogP contribution is -2.41. The summed E-state index contributed by atoms with van der Waals surface area (Å²) in [7, 11) is -3.25. The van der Waals surface area contributed by atoms with Gasteiger partial charge in [0.05, 0.1) is 12.0 Å². The fourth-order valence-corrected chi connectivity index (χ4v) is 4.34. The molecule has 0 heterocycles. The maximum Gasteiger partial charge on any atom is 0.424 e. The molecule has 2 aromatic carbocycles. The summed E-state index contributed by atoms with van der Waals surface area (Å²) in [6.45, 7) is 6.82. The minimum atomic E-state index is -4.33. The van der Waals surface area contributed by atoms with Crippen LogP contribution >= 0.6 is 15.9 Å². The number of hydrogen-bond donors (Lipinski definition) is 0. The number of carbonyl (C=O) groups is 2. The van der Waals surface area contributed by atoms with Crippen molar-refractivity contribution >= 4 is 37.8 Å². The maximum absolute atomic E-state index is 13.3. The molecule has 0 fully saturated rings. The normalized spacial score (nSPS) is 12.1. The first-order valence-corrected chi connectivity index (χ1v) is 10.5. The highest BCUT2D eigenvalue weighted by Gasteiger charge is 2.40. The number of amides is 1. The highest BCUT2D eigenvalue weighted by Crippen LogP contribution is 2.34. The summed E-state index contributed by atoms with van der Waals surface area (Å²) in [4.78, 5) is 24.5. The van der Waals surface area contributed by atoms with Crippen molar-refractivity contribution in [1.82, 2.24) is 4.31 Å². The van der Waals surface area contributed by atoms with Gasteiger partial charge in [-0.2, -0.15) is 4.31 Å². The van der Waals surface area contributed by atoms with Crippen molar-refractivity contribution in [2.24, 2.45) is 0 Å². The summed E-state index contributed by atoms with van der Waals surface area (Å²) in [5.74, 6) is -0.444. The molecule has 8 heteroatoms. The second-order valence-electron chi connectivity index (χ2n) is 6.12. The van der Waals surface area contributed by atoms with Crippen LogP contribution in [0.1, 0.15) is 24.1 Å². The lowest BCUT2D eigenvalue weighted by atomic mass is 9.97. The largest absolute Gasteiger partial charge is 0.452 e. The molecule has 2 rings (SSSR count). The lowest BCUT2D eigenvalue weighted by Gasteiger charge is -2.31. The minimum absolute atomic E-state index is 0.0524. The van der Waals surface area contributed by atoms with E-state index >= 15 is 0 Å². The van der Waals surface area contributed by atoms with Crippen LogP contribution in [0.2, 0.25) is 0 Å². The van der Waals surface area contributed by atoms with Crippen molar-refractivity contribution in [3.8, 4) is 0 Å². The highest BCUT2D eigenvalue weighted by molar-refractivity contribution is 9.10. The van der Waals surface area contributed by atoms with Crippen LogP contribution < -0.4 is 0 Å². The number of carbonyl (C=O) groups excluding carboxylic acids is 2. The van der Waals surface area contributed by atoms with E-state index in [2.05, 4.69) is 22.5 Å². The zero-order valence-corrected chi connectivity index (χ0v) is 18.1. The molecule has 1 atom stereocenters. The Morgan fingerprint density at radius 2 is 1.61 bits per heavy atom. The lowest BCUT2D eigenvalue weighted by molar-refractivity contribution is -0.114. The van der Waals surface area contributed by atoms with E-state index in [9.17, 15) is 18.0 Å². The van der Waals surface area contributed by atoms with Gasteiger partial charge in [-0.1, -0.05) is 52.3 Å². The Kier molecular flexibility index (Phi) is 6.79. The topological polar surface area (TPSA) is 80.8 Å². The van der Waals surface area contributed by atoms with Crippen molar-refractivity contribution in [2.45, 2.75) is 24.8 Å². The molecule has 0 aliphatic carbocycles.